The summed E-state index contributed by atoms with van der Waals surface area (Å²) >= 11 is 0. The lowest BCUT2D eigenvalue weighted by molar-refractivity contribution is -0.132. The van der Waals surface area contributed by atoms with Crippen molar-refractivity contribution in [1.82, 2.24) is 5.32 Å². The van der Waals surface area contributed by atoms with Gasteiger partial charge in [0.05, 0.1) is 18.8 Å². The molecule has 5 N–H and O–H groups in total. The van der Waals surface area contributed by atoms with E-state index in [9.17, 15) is 25.2 Å². The standard InChI is InChI=1S/C32H61NO5/c1-3-5-7-9-11-12-13-14-15-16-17-18-19-20-22-24-26-30(36)32(38)33-28(27-34)31(37)29(35)25-23-21-10-8-6-4-2/h8,10,14-15,28-31,34-37H,3-7,9,11-13,16-27H2,1-2H3,(H,33,38)/b10-8+,15-14-. The van der Waals surface area contributed by atoms with Gasteiger partial charge in [-0.1, -0.05) is 109 Å². The summed E-state index contributed by atoms with van der Waals surface area (Å²) < 4.78 is 0. The fraction of sp³-hybridized carbons (Fsp3) is 0.844. The molecule has 4 atom stereocenters. The zero-order valence-electron chi connectivity index (χ0n) is 24.7. The van der Waals surface area contributed by atoms with Crippen molar-refractivity contribution in [1.29, 1.82) is 0 Å². The summed E-state index contributed by atoms with van der Waals surface area (Å²) in [6.07, 6.45) is 26.6. The van der Waals surface area contributed by atoms with E-state index >= 15 is 0 Å². The second kappa shape index (κ2) is 27.4. The van der Waals surface area contributed by atoms with Crippen LogP contribution >= 0.6 is 0 Å². The molecule has 0 fully saturated rings. The molecule has 0 saturated heterocycles. The van der Waals surface area contributed by atoms with E-state index in [4.69, 9.17) is 0 Å². The predicted octanol–water partition coefficient (Wildman–Crippen LogP) is 6.50. The minimum absolute atomic E-state index is 0.355. The van der Waals surface area contributed by atoms with Gasteiger partial charge in [-0.15, -0.1) is 0 Å². The highest BCUT2D eigenvalue weighted by molar-refractivity contribution is 5.80. The second-order valence-electron chi connectivity index (χ2n) is 10.8. The third-order valence-electron chi connectivity index (χ3n) is 7.12. The van der Waals surface area contributed by atoms with Crippen molar-refractivity contribution in [2.75, 3.05) is 6.61 Å². The van der Waals surface area contributed by atoms with Crippen LogP contribution in [0, 0.1) is 0 Å². The molecule has 0 aromatic rings. The van der Waals surface area contributed by atoms with Gasteiger partial charge in [0, 0.05) is 0 Å². The number of rotatable bonds is 27. The first-order chi connectivity index (χ1) is 18.5. The SMILES string of the molecule is CCC/C=C/CCCC(O)C(O)C(CO)NC(=O)C(O)CCCCCCCC/C=C\CCCCCCCC. The molecule has 0 aliphatic carbocycles. The average molecular weight is 540 g/mol. The molecule has 0 aliphatic heterocycles. The number of aliphatic hydroxyl groups excluding tert-OH is 4. The van der Waals surface area contributed by atoms with Gasteiger partial charge < -0.3 is 25.7 Å². The van der Waals surface area contributed by atoms with Crippen LogP contribution in [-0.2, 0) is 4.79 Å². The highest BCUT2D eigenvalue weighted by Crippen LogP contribution is 2.13. The third-order valence-corrected chi connectivity index (χ3v) is 7.12. The average Bonchev–Trinajstić information content (AvgIpc) is 2.92. The van der Waals surface area contributed by atoms with Gasteiger partial charge in [0.15, 0.2) is 0 Å². The van der Waals surface area contributed by atoms with Gasteiger partial charge in [0.1, 0.15) is 12.2 Å². The van der Waals surface area contributed by atoms with Gasteiger partial charge in [-0.3, -0.25) is 4.79 Å². The third kappa shape index (κ3) is 21.7. The van der Waals surface area contributed by atoms with Crippen LogP contribution in [0.3, 0.4) is 0 Å². The molecule has 1 amide bonds. The maximum Gasteiger partial charge on any atom is 0.249 e. The van der Waals surface area contributed by atoms with Crippen molar-refractivity contribution in [3.8, 4) is 0 Å². The summed E-state index contributed by atoms with van der Waals surface area (Å²) in [5.74, 6) is -0.606. The largest absolute Gasteiger partial charge is 0.394 e. The molecular weight excluding hydrogens is 478 g/mol. The quantitative estimate of drug-likeness (QED) is 0.0604. The normalized spacial score (nSPS) is 15.2. The first kappa shape index (κ1) is 36.8. The Kier molecular flexibility index (Phi) is 26.5. The predicted molar refractivity (Wildman–Crippen MR) is 159 cm³/mol. The molecule has 6 nitrogen and oxygen atoms in total. The highest BCUT2D eigenvalue weighted by Gasteiger charge is 2.28. The number of hydrogen-bond donors (Lipinski definition) is 5. The summed E-state index contributed by atoms with van der Waals surface area (Å²) in [5.41, 5.74) is 0. The summed E-state index contributed by atoms with van der Waals surface area (Å²) in [6.45, 7) is 3.87. The minimum Gasteiger partial charge on any atom is -0.394 e. The lowest BCUT2D eigenvalue weighted by Gasteiger charge is -2.27. The fourth-order valence-corrected chi connectivity index (χ4v) is 4.52. The van der Waals surface area contributed by atoms with Crippen LogP contribution in [0.1, 0.15) is 142 Å². The summed E-state index contributed by atoms with van der Waals surface area (Å²) in [7, 11) is 0. The Labute approximate surface area is 234 Å². The molecule has 224 valence electrons. The molecule has 4 unspecified atom stereocenters. The topological polar surface area (TPSA) is 110 Å². The lowest BCUT2D eigenvalue weighted by Crippen LogP contribution is -2.53. The van der Waals surface area contributed by atoms with Crippen LogP contribution in [0.4, 0.5) is 0 Å². The molecule has 0 spiro atoms. The molecule has 0 saturated carbocycles. The Morgan fingerprint density at radius 1 is 0.632 bits per heavy atom. The number of unbranched alkanes of at least 4 members (excludes halogenated alkanes) is 14. The molecule has 0 radical (unpaired) electrons. The van der Waals surface area contributed by atoms with Crippen LogP contribution in [0.2, 0.25) is 0 Å². The highest BCUT2D eigenvalue weighted by atomic mass is 16.3. The molecule has 0 rings (SSSR count). The van der Waals surface area contributed by atoms with E-state index in [1.807, 2.05) is 0 Å². The molecule has 0 aliphatic rings. The molecular formula is C32H61NO5. The maximum absolute atomic E-state index is 12.3. The van der Waals surface area contributed by atoms with E-state index in [0.717, 1.165) is 44.9 Å². The van der Waals surface area contributed by atoms with Crippen LogP contribution in [0.5, 0.6) is 0 Å². The Morgan fingerprint density at radius 2 is 1.13 bits per heavy atom. The lowest BCUT2D eigenvalue weighted by atomic mass is 10.00. The van der Waals surface area contributed by atoms with Gasteiger partial charge in [-0.2, -0.15) is 0 Å². The van der Waals surface area contributed by atoms with Crippen molar-refractivity contribution in [3.05, 3.63) is 24.3 Å². The molecule has 0 aromatic carbocycles. The van der Waals surface area contributed by atoms with E-state index in [2.05, 4.69) is 43.5 Å². The first-order valence-electron chi connectivity index (χ1n) is 15.7. The Bertz CT molecular complexity index is 580. The number of nitrogens with one attached hydrogen (secondary N) is 1. The van der Waals surface area contributed by atoms with Crippen molar-refractivity contribution >= 4 is 5.91 Å². The Hall–Kier alpha value is -1.21. The van der Waals surface area contributed by atoms with Crippen molar-refractivity contribution < 1.29 is 25.2 Å². The van der Waals surface area contributed by atoms with Crippen molar-refractivity contribution in [2.24, 2.45) is 0 Å². The fourth-order valence-electron chi connectivity index (χ4n) is 4.52. The molecule has 0 heterocycles. The number of carbonyl (C=O) groups excluding carboxylic acids is 1. The number of allylic oxidation sites excluding steroid dienone is 4. The van der Waals surface area contributed by atoms with E-state index in [1.165, 1.54) is 64.2 Å². The monoisotopic (exact) mass is 539 g/mol. The molecule has 38 heavy (non-hydrogen) atoms. The Morgan fingerprint density at radius 3 is 1.68 bits per heavy atom. The van der Waals surface area contributed by atoms with Crippen LogP contribution < -0.4 is 5.32 Å². The summed E-state index contributed by atoms with van der Waals surface area (Å²) in [4.78, 5) is 12.3. The van der Waals surface area contributed by atoms with E-state index in [-0.39, 0.29) is 0 Å². The van der Waals surface area contributed by atoms with Crippen molar-refractivity contribution in [3.63, 3.8) is 0 Å². The van der Waals surface area contributed by atoms with Crippen LogP contribution in [0.25, 0.3) is 0 Å². The molecule has 0 bridgehead atoms. The first-order valence-corrected chi connectivity index (χ1v) is 15.7. The Balaban J connectivity index is 3.85. The van der Waals surface area contributed by atoms with Gasteiger partial charge in [-0.25, -0.2) is 0 Å². The van der Waals surface area contributed by atoms with Gasteiger partial charge in [0.25, 0.3) is 0 Å². The van der Waals surface area contributed by atoms with Crippen molar-refractivity contribution in [2.45, 2.75) is 167 Å². The molecule has 0 aromatic heterocycles. The molecule has 6 heteroatoms. The number of amides is 1. The summed E-state index contributed by atoms with van der Waals surface area (Å²) in [6, 6.07) is -0.998. The van der Waals surface area contributed by atoms with Gasteiger partial charge in [0.2, 0.25) is 5.91 Å². The minimum atomic E-state index is -1.28. The summed E-state index contributed by atoms with van der Waals surface area (Å²) in [5, 5.41) is 42.9. The van der Waals surface area contributed by atoms with E-state index < -0.39 is 36.9 Å². The van der Waals surface area contributed by atoms with E-state index in [1.54, 1.807) is 0 Å². The van der Waals surface area contributed by atoms with Gasteiger partial charge >= 0.3 is 0 Å². The van der Waals surface area contributed by atoms with E-state index in [0.29, 0.717) is 19.3 Å². The van der Waals surface area contributed by atoms with Gasteiger partial charge in [-0.05, 0) is 57.8 Å². The van der Waals surface area contributed by atoms with Crippen LogP contribution in [0.15, 0.2) is 24.3 Å². The zero-order valence-corrected chi connectivity index (χ0v) is 24.7. The number of hydrogen-bond acceptors (Lipinski definition) is 5. The second-order valence-corrected chi connectivity index (χ2v) is 10.8. The number of carbonyl (C=O) groups is 1. The zero-order chi connectivity index (χ0) is 28.3. The smallest absolute Gasteiger partial charge is 0.249 e. The van der Waals surface area contributed by atoms with Crippen LogP contribution in [-0.4, -0.2) is 57.3 Å². The maximum atomic E-state index is 12.3. The number of aliphatic hydroxyl groups is 4.